The number of fused-ring (bicyclic) bond motifs is 1. The molecule has 0 radical (unpaired) electrons. The highest BCUT2D eigenvalue weighted by molar-refractivity contribution is 6.31. The molecule has 170 valence electrons. The molecule has 1 saturated heterocycles. The number of hydrogen-bond donors (Lipinski definition) is 1. The van der Waals surface area contributed by atoms with Crippen LogP contribution in [0.3, 0.4) is 0 Å². The first-order valence-corrected chi connectivity index (χ1v) is 10.9. The van der Waals surface area contributed by atoms with Crippen molar-refractivity contribution in [3.05, 3.63) is 53.3 Å². The summed E-state index contributed by atoms with van der Waals surface area (Å²) in [6.07, 6.45) is 0. The van der Waals surface area contributed by atoms with E-state index < -0.39 is 5.82 Å². The van der Waals surface area contributed by atoms with E-state index in [9.17, 15) is 4.39 Å². The monoisotopic (exact) mass is 467 g/mol. The number of methoxy groups -OCH3 is 1. The van der Waals surface area contributed by atoms with E-state index in [4.69, 9.17) is 27.1 Å². The Hall–Kier alpha value is -3.59. The number of aryl methyl sites for hydroxylation is 1. The highest BCUT2D eigenvalue weighted by atomic mass is 35.5. The molecule has 5 rings (SSSR count). The van der Waals surface area contributed by atoms with Crippen molar-refractivity contribution in [2.24, 2.45) is 7.05 Å². The number of hydrogen-bond acceptors (Lipinski definition) is 7. The molecule has 0 bridgehead atoms. The molecule has 4 aromatic rings. The van der Waals surface area contributed by atoms with Crippen molar-refractivity contribution in [1.29, 1.82) is 0 Å². The van der Waals surface area contributed by atoms with E-state index in [1.54, 1.807) is 31.0 Å². The maximum Gasteiger partial charge on any atom is 0.228 e. The highest BCUT2D eigenvalue weighted by Crippen LogP contribution is 2.34. The molecular formula is C23H23ClFN7O. The van der Waals surface area contributed by atoms with E-state index >= 15 is 0 Å². The fourth-order valence-electron chi connectivity index (χ4n) is 4.07. The smallest absolute Gasteiger partial charge is 0.228 e. The Labute approximate surface area is 195 Å². The van der Waals surface area contributed by atoms with Crippen molar-refractivity contribution in [1.82, 2.24) is 19.7 Å². The average Bonchev–Trinajstić information content (AvgIpc) is 3.13. The minimum atomic E-state index is -0.487. The van der Waals surface area contributed by atoms with E-state index in [2.05, 4.69) is 25.9 Å². The molecule has 0 atom stereocenters. The number of piperazine rings is 1. The zero-order valence-electron chi connectivity index (χ0n) is 18.3. The first-order valence-electron chi connectivity index (χ1n) is 10.5. The SMILES string of the molecule is COc1cccc(N2CCN(c3nc(-c4ccc(F)c(Cl)c4)c4c(N)n(C)nc4n3)CC2)c1. The third kappa shape index (κ3) is 3.89. The van der Waals surface area contributed by atoms with Crippen molar-refractivity contribution in [3.8, 4) is 17.0 Å². The Balaban J connectivity index is 1.48. The first kappa shape index (κ1) is 21.3. The highest BCUT2D eigenvalue weighted by Gasteiger charge is 2.24. The molecule has 10 heteroatoms. The van der Waals surface area contributed by atoms with Crippen LogP contribution >= 0.6 is 11.6 Å². The van der Waals surface area contributed by atoms with Gasteiger partial charge >= 0.3 is 0 Å². The zero-order chi connectivity index (χ0) is 23.1. The summed E-state index contributed by atoms with van der Waals surface area (Å²) in [4.78, 5) is 13.9. The van der Waals surface area contributed by atoms with Gasteiger partial charge in [0.25, 0.3) is 0 Å². The fraction of sp³-hybridized carbons (Fsp3) is 0.261. The van der Waals surface area contributed by atoms with Gasteiger partial charge in [-0.05, 0) is 30.3 Å². The zero-order valence-corrected chi connectivity index (χ0v) is 19.1. The van der Waals surface area contributed by atoms with Gasteiger partial charge in [0.1, 0.15) is 17.4 Å². The van der Waals surface area contributed by atoms with Gasteiger partial charge in [-0.2, -0.15) is 10.1 Å². The van der Waals surface area contributed by atoms with Gasteiger partial charge in [0.05, 0.1) is 23.2 Å². The number of nitrogens with two attached hydrogens (primary N) is 1. The molecule has 8 nitrogen and oxygen atoms in total. The second-order valence-corrected chi connectivity index (χ2v) is 8.29. The molecule has 3 heterocycles. The van der Waals surface area contributed by atoms with E-state index in [0.717, 1.165) is 37.6 Å². The summed E-state index contributed by atoms with van der Waals surface area (Å²) in [6.45, 7) is 3.07. The number of ether oxygens (including phenoxy) is 1. The summed E-state index contributed by atoms with van der Waals surface area (Å²) in [7, 11) is 3.42. The summed E-state index contributed by atoms with van der Waals surface area (Å²) in [5.74, 6) is 1.34. The molecule has 1 fully saturated rings. The lowest BCUT2D eigenvalue weighted by atomic mass is 10.1. The lowest BCUT2D eigenvalue weighted by Gasteiger charge is -2.36. The third-order valence-electron chi connectivity index (χ3n) is 5.90. The Kier molecular flexibility index (Phi) is 5.41. The van der Waals surface area contributed by atoms with Crippen molar-refractivity contribution < 1.29 is 9.13 Å². The number of benzene rings is 2. The Bertz CT molecular complexity index is 1330. The molecule has 1 aliphatic heterocycles. The van der Waals surface area contributed by atoms with Crippen LogP contribution in [0.25, 0.3) is 22.3 Å². The largest absolute Gasteiger partial charge is 0.497 e. The maximum absolute atomic E-state index is 13.8. The van der Waals surface area contributed by atoms with Gasteiger partial charge in [0.2, 0.25) is 5.95 Å². The minimum Gasteiger partial charge on any atom is -0.497 e. The number of nitrogens with zero attached hydrogens (tertiary/aromatic N) is 6. The van der Waals surface area contributed by atoms with Crippen LogP contribution in [-0.4, -0.2) is 53.0 Å². The van der Waals surface area contributed by atoms with Crippen LogP contribution in [-0.2, 0) is 7.05 Å². The van der Waals surface area contributed by atoms with Gasteiger partial charge in [-0.1, -0.05) is 17.7 Å². The van der Waals surface area contributed by atoms with Crippen LogP contribution in [0.4, 0.5) is 21.8 Å². The average molecular weight is 468 g/mol. The summed E-state index contributed by atoms with van der Waals surface area (Å²) >= 11 is 6.05. The summed E-state index contributed by atoms with van der Waals surface area (Å²) in [5, 5.41) is 5.11. The lowest BCUT2D eigenvalue weighted by Crippen LogP contribution is -2.47. The quantitative estimate of drug-likeness (QED) is 0.489. The van der Waals surface area contributed by atoms with Gasteiger partial charge in [-0.3, -0.25) is 4.68 Å². The normalized spacial score (nSPS) is 14.2. The number of nitrogen functional groups attached to an aromatic ring is 1. The number of aromatic nitrogens is 4. The number of halogens is 2. The second kappa shape index (κ2) is 8.40. The van der Waals surface area contributed by atoms with Crippen molar-refractivity contribution >= 4 is 40.1 Å². The van der Waals surface area contributed by atoms with Crippen LogP contribution in [0, 0.1) is 5.82 Å². The number of anilines is 3. The molecular weight excluding hydrogens is 445 g/mol. The van der Waals surface area contributed by atoms with Crippen molar-refractivity contribution in [3.63, 3.8) is 0 Å². The third-order valence-corrected chi connectivity index (χ3v) is 6.19. The predicted molar refractivity (Wildman–Crippen MR) is 129 cm³/mol. The first-order chi connectivity index (χ1) is 15.9. The molecule has 0 spiro atoms. The topological polar surface area (TPSA) is 85.3 Å². The Morgan fingerprint density at radius 1 is 1.03 bits per heavy atom. The van der Waals surface area contributed by atoms with Crippen LogP contribution in [0.2, 0.25) is 5.02 Å². The number of rotatable bonds is 4. The Morgan fingerprint density at radius 2 is 1.79 bits per heavy atom. The fourth-order valence-corrected chi connectivity index (χ4v) is 4.25. The molecule has 2 aromatic heterocycles. The van der Waals surface area contributed by atoms with E-state index in [1.807, 2.05) is 18.2 Å². The van der Waals surface area contributed by atoms with Crippen LogP contribution in [0.15, 0.2) is 42.5 Å². The molecule has 0 saturated carbocycles. The van der Waals surface area contributed by atoms with Gasteiger partial charge in [0.15, 0.2) is 5.65 Å². The molecule has 1 aliphatic rings. The van der Waals surface area contributed by atoms with E-state index in [0.29, 0.717) is 34.1 Å². The van der Waals surface area contributed by atoms with Crippen molar-refractivity contribution in [2.45, 2.75) is 0 Å². The summed E-state index contributed by atoms with van der Waals surface area (Å²) in [5.41, 5.74) is 9.11. The van der Waals surface area contributed by atoms with E-state index in [-0.39, 0.29) is 5.02 Å². The molecule has 2 aromatic carbocycles. The molecule has 0 unspecified atom stereocenters. The van der Waals surface area contributed by atoms with Crippen LogP contribution < -0.4 is 20.3 Å². The summed E-state index contributed by atoms with van der Waals surface area (Å²) < 4.78 is 20.7. The van der Waals surface area contributed by atoms with Crippen LogP contribution in [0.1, 0.15) is 0 Å². The van der Waals surface area contributed by atoms with Crippen molar-refractivity contribution in [2.75, 3.05) is 48.8 Å². The van der Waals surface area contributed by atoms with Gasteiger partial charge in [-0.25, -0.2) is 9.37 Å². The molecule has 33 heavy (non-hydrogen) atoms. The predicted octanol–water partition coefficient (Wildman–Crippen LogP) is 3.74. The maximum atomic E-state index is 13.8. The molecule has 0 aliphatic carbocycles. The van der Waals surface area contributed by atoms with Gasteiger partial charge < -0.3 is 20.3 Å². The molecule has 0 amide bonds. The van der Waals surface area contributed by atoms with E-state index in [1.165, 1.54) is 6.07 Å². The second-order valence-electron chi connectivity index (χ2n) is 7.88. The van der Waals surface area contributed by atoms with Gasteiger partial charge in [-0.15, -0.1) is 0 Å². The molecule has 2 N–H and O–H groups in total. The lowest BCUT2D eigenvalue weighted by molar-refractivity contribution is 0.414. The minimum absolute atomic E-state index is 0.0233. The Morgan fingerprint density at radius 3 is 2.52 bits per heavy atom. The van der Waals surface area contributed by atoms with Crippen LogP contribution in [0.5, 0.6) is 5.75 Å². The summed E-state index contributed by atoms with van der Waals surface area (Å²) in [6, 6.07) is 12.5. The standard InChI is InChI=1S/C23H23ClFN7O/c1-30-21(26)19-20(14-6-7-18(25)17(24)12-14)27-23(28-22(19)29-30)32-10-8-31(9-11-32)15-4-3-5-16(13-15)33-2/h3-7,12-13H,8-11,26H2,1-2H3. The van der Waals surface area contributed by atoms with Gasteiger partial charge in [0, 0.05) is 50.5 Å².